The van der Waals surface area contributed by atoms with Crippen molar-refractivity contribution >= 4 is 17.5 Å². The lowest BCUT2D eigenvalue weighted by molar-refractivity contribution is 0.00337. The minimum Gasteiger partial charge on any atom is -0.368 e. The molecular formula is C27H28ClFN2O2. The predicted octanol–water partition coefficient (Wildman–Crippen LogP) is 5.50. The topological polar surface area (TPSA) is 32.8 Å². The highest BCUT2D eigenvalue weighted by molar-refractivity contribution is 6.30. The van der Waals surface area contributed by atoms with Gasteiger partial charge in [0.2, 0.25) is 0 Å². The Balaban J connectivity index is 1.39. The summed E-state index contributed by atoms with van der Waals surface area (Å²) in [6.07, 6.45) is -0.128. The van der Waals surface area contributed by atoms with E-state index in [9.17, 15) is 9.18 Å². The predicted molar refractivity (Wildman–Crippen MR) is 129 cm³/mol. The van der Waals surface area contributed by atoms with Gasteiger partial charge in [0, 0.05) is 37.7 Å². The maximum absolute atomic E-state index is 14.0. The van der Waals surface area contributed by atoms with Gasteiger partial charge in [0.05, 0.1) is 18.3 Å². The van der Waals surface area contributed by atoms with Crippen molar-refractivity contribution in [2.75, 3.05) is 32.7 Å². The molecule has 1 heterocycles. The number of rotatable bonds is 7. The highest BCUT2D eigenvalue weighted by atomic mass is 35.5. The van der Waals surface area contributed by atoms with Crippen LogP contribution in [0.25, 0.3) is 0 Å². The molecule has 6 heteroatoms. The first kappa shape index (κ1) is 23.4. The molecule has 0 unspecified atom stereocenters. The largest absolute Gasteiger partial charge is 0.368 e. The van der Waals surface area contributed by atoms with E-state index in [0.717, 1.165) is 11.1 Å². The van der Waals surface area contributed by atoms with E-state index in [4.69, 9.17) is 16.3 Å². The van der Waals surface area contributed by atoms with E-state index in [-0.39, 0.29) is 17.6 Å². The molecule has 1 aliphatic heterocycles. The Bertz CT molecular complexity index is 1080. The van der Waals surface area contributed by atoms with Crippen molar-refractivity contribution in [3.63, 3.8) is 0 Å². The Hall–Kier alpha value is -2.73. The van der Waals surface area contributed by atoms with Crippen molar-refractivity contribution in [2.24, 2.45) is 0 Å². The number of benzene rings is 3. The Kier molecular flexibility index (Phi) is 7.76. The van der Waals surface area contributed by atoms with Crippen LogP contribution >= 0.6 is 11.6 Å². The first-order chi connectivity index (χ1) is 16.0. The average molecular weight is 467 g/mol. The highest BCUT2D eigenvalue weighted by Gasteiger charge is 2.26. The molecule has 0 radical (unpaired) electrons. The summed E-state index contributed by atoms with van der Waals surface area (Å²) >= 11 is 6.09. The summed E-state index contributed by atoms with van der Waals surface area (Å²) in [5.74, 6) is -0.727. The molecule has 1 aliphatic rings. The van der Waals surface area contributed by atoms with E-state index in [1.807, 2.05) is 30.3 Å². The molecule has 0 aromatic heterocycles. The molecule has 3 aromatic rings. The number of hydrogen-bond acceptors (Lipinski definition) is 3. The molecule has 33 heavy (non-hydrogen) atoms. The summed E-state index contributed by atoms with van der Waals surface area (Å²) in [6, 6.07) is 22.2. The summed E-state index contributed by atoms with van der Waals surface area (Å²) < 4.78 is 20.4. The fourth-order valence-electron chi connectivity index (χ4n) is 4.10. The standard InChI is InChI=1S/C27H28ClFN2O2/c1-20-5-4-6-21(17-20)19-33-26(22-9-11-23(28)12-10-22)18-30-13-15-31(16-14-30)27(32)24-7-2-3-8-25(24)29/h2-12,17,26H,13-16,18-19H2,1H3/t26-/m0/s1. The van der Waals surface area contributed by atoms with Gasteiger partial charge in [-0.25, -0.2) is 4.39 Å². The van der Waals surface area contributed by atoms with Crippen molar-refractivity contribution in [1.29, 1.82) is 0 Å². The Labute approximate surface area is 199 Å². The number of halogens is 2. The van der Waals surface area contributed by atoms with Gasteiger partial charge < -0.3 is 9.64 Å². The van der Waals surface area contributed by atoms with Crippen LogP contribution < -0.4 is 0 Å². The number of carbonyl (C=O) groups excluding carboxylic acids is 1. The molecule has 1 amide bonds. The normalized spacial score (nSPS) is 15.4. The van der Waals surface area contributed by atoms with Gasteiger partial charge >= 0.3 is 0 Å². The molecule has 1 atom stereocenters. The van der Waals surface area contributed by atoms with Gasteiger partial charge in [-0.2, -0.15) is 0 Å². The molecule has 1 saturated heterocycles. The molecule has 4 nitrogen and oxygen atoms in total. The molecule has 0 saturated carbocycles. The zero-order valence-corrected chi connectivity index (χ0v) is 19.5. The molecule has 172 valence electrons. The monoisotopic (exact) mass is 466 g/mol. The van der Waals surface area contributed by atoms with Crippen LogP contribution in [0, 0.1) is 12.7 Å². The van der Waals surface area contributed by atoms with Crippen molar-refractivity contribution in [3.05, 3.63) is 106 Å². The van der Waals surface area contributed by atoms with E-state index < -0.39 is 5.82 Å². The molecule has 4 rings (SSSR count). The van der Waals surface area contributed by atoms with Crippen LogP contribution in [0.2, 0.25) is 5.02 Å². The van der Waals surface area contributed by atoms with Gasteiger partial charge in [-0.1, -0.05) is 65.7 Å². The van der Waals surface area contributed by atoms with Gasteiger partial charge in [-0.05, 0) is 42.3 Å². The second-order valence-electron chi connectivity index (χ2n) is 8.41. The molecule has 3 aromatic carbocycles. The molecule has 0 aliphatic carbocycles. The number of piperazine rings is 1. The first-order valence-corrected chi connectivity index (χ1v) is 11.6. The van der Waals surface area contributed by atoms with Gasteiger partial charge in [0.15, 0.2) is 0 Å². The van der Waals surface area contributed by atoms with E-state index in [1.54, 1.807) is 23.1 Å². The summed E-state index contributed by atoms with van der Waals surface area (Å²) in [5, 5.41) is 0.691. The van der Waals surface area contributed by atoms with Crippen LogP contribution in [-0.4, -0.2) is 48.4 Å². The Morgan fingerprint density at radius 2 is 1.73 bits per heavy atom. The lowest BCUT2D eigenvalue weighted by Crippen LogP contribution is -2.49. The van der Waals surface area contributed by atoms with Crippen LogP contribution in [0.5, 0.6) is 0 Å². The summed E-state index contributed by atoms with van der Waals surface area (Å²) in [7, 11) is 0. The Morgan fingerprint density at radius 1 is 1.00 bits per heavy atom. The zero-order chi connectivity index (χ0) is 23.2. The SMILES string of the molecule is Cc1cccc(CO[C@@H](CN2CCN(C(=O)c3ccccc3F)CC2)c2ccc(Cl)cc2)c1. The maximum Gasteiger partial charge on any atom is 0.256 e. The third-order valence-electron chi connectivity index (χ3n) is 5.96. The number of nitrogens with zero attached hydrogens (tertiary/aromatic N) is 2. The fraction of sp³-hybridized carbons (Fsp3) is 0.296. The van der Waals surface area contributed by atoms with Crippen LogP contribution in [0.1, 0.15) is 33.2 Å². The van der Waals surface area contributed by atoms with Crippen molar-refractivity contribution < 1.29 is 13.9 Å². The average Bonchev–Trinajstić information content (AvgIpc) is 2.83. The van der Waals surface area contributed by atoms with Gasteiger partial charge in [-0.3, -0.25) is 9.69 Å². The molecule has 0 bridgehead atoms. The second kappa shape index (κ2) is 10.9. The number of amides is 1. The van der Waals surface area contributed by atoms with Crippen LogP contribution in [0.15, 0.2) is 72.8 Å². The third-order valence-corrected chi connectivity index (χ3v) is 6.22. The van der Waals surface area contributed by atoms with Crippen LogP contribution in [0.3, 0.4) is 0 Å². The summed E-state index contributed by atoms with van der Waals surface area (Å²) in [6.45, 7) is 5.81. The first-order valence-electron chi connectivity index (χ1n) is 11.2. The maximum atomic E-state index is 14.0. The molecular weight excluding hydrogens is 439 g/mol. The quantitative estimate of drug-likeness (QED) is 0.460. The lowest BCUT2D eigenvalue weighted by atomic mass is 10.1. The van der Waals surface area contributed by atoms with E-state index in [0.29, 0.717) is 44.4 Å². The van der Waals surface area contributed by atoms with Gasteiger partial charge in [0.1, 0.15) is 5.82 Å². The number of carbonyl (C=O) groups is 1. The van der Waals surface area contributed by atoms with Crippen LogP contribution in [0.4, 0.5) is 4.39 Å². The lowest BCUT2D eigenvalue weighted by Gasteiger charge is -2.36. The van der Waals surface area contributed by atoms with Crippen molar-refractivity contribution in [2.45, 2.75) is 19.6 Å². The molecule has 0 spiro atoms. The van der Waals surface area contributed by atoms with Crippen LogP contribution in [-0.2, 0) is 11.3 Å². The molecule has 0 N–H and O–H groups in total. The minimum absolute atomic E-state index is 0.128. The zero-order valence-electron chi connectivity index (χ0n) is 18.7. The Morgan fingerprint density at radius 3 is 2.42 bits per heavy atom. The number of ether oxygens (including phenoxy) is 1. The summed E-state index contributed by atoms with van der Waals surface area (Å²) in [5.41, 5.74) is 3.53. The minimum atomic E-state index is -0.475. The van der Waals surface area contributed by atoms with Crippen molar-refractivity contribution in [1.82, 2.24) is 9.80 Å². The number of hydrogen-bond donors (Lipinski definition) is 0. The number of aryl methyl sites for hydroxylation is 1. The highest BCUT2D eigenvalue weighted by Crippen LogP contribution is 2.24. The van der Waals surface area contributed by atoms with E-state index in [2.05, 4.69) is 30.0 Å². The van der Waals surface area contributed by atoms with Gasteiger partial charge in [-0.15, -0.1) is 0 Å². The van der Waals surface area contributed by atoms with Crippen molar-refractivity contribution in [3.8, 4) is 0 Å². The van der Waals surface area contributed by atoms with E-state index in [1.165, 1.54) is 11.6 Å². The summed E-state index contributed by atoms with van der Waals surface area (Å²) in [4.78, 5) is 16.7. The van der Waals surface area contributed by atoms with Gasteiger partial charge in [0.25, 0.3) is 5.91 Å². The van der Waals surface area contributed by atoms with E-state index >= 15 is 0 Å². The second-order valence-corrected chi connectivity index (χ2v) is 8.85. The fourth-order valence-corrected chi connectivity index (χ4v) is 4.23. The molecule has 1 fully saturated rings. The smallest absolute Gasteiger partial charge is 0.256 e. The third kappa shape index (κ3) is 6.20.